The van der Waals surface area contributed by atoms with Crippen LogP contribution in [-0.4, -0.2) is 52.6 Å². The van der Waals surface area contributed by atoms with Gasteiger partial charge in [0.2, 0.25) is 5.91 Å². The summed E-state index contributed by atoms with van der Waals surface area (Å²) >= 11 is 1.63. The number of anilines is 1. The van der Waals surface area contributed by atoms with Crippen molar-refractivity contribution in [3.8, 4) is 0 Å². The van der Waals surface area contributed by atoms with E-state index in [4.69, 9.17) is 4.74 Å². The molecular weight excluding hydrogens is 336 g/mol. The molecule has 0 unspecified atom stereocenters. The van der Waals surface area contributed by atoms with Crippen LogP contribution >= 0.6 is 11.3 Å². The van der Waals surface area contributed by atoms with Crippen molar-refractivity contribution in [2.45, 2.75) is 31.9 Å². The number of amides is 1. The number of thiazole rings is 1. The molecular formula is C18H22N4O2S. The Labute approximate surface area is 151 Å². The van der Waals surface area contributed by atoms with E-state index in [0.717, 1.165) is 42.5 Å². The number of piperidine rings is 1. The Bertz CT molecular complexity index is 741. The van der Waals surface area contributed by atoms with Gasteiger partial charge in [0.15, 0.2) is 0 Å². The summed E-state index contributed by atoms with van der Waals surface area (Å²) in [5.41, 5.74) is 0.739. The number of rotatable bonds is 3. The summed E-state index contributed by atoms with van der Waals surface area (Å²) in [5.74, 6) is 1.07. The van der Waals surface area contributed by atoms with Crippen molar-refractivity contribution < 1.29 is 9.53 Å². The number of aryl methyl sites for hydroxylation is 1. The van der Waals surface area contributed by atoms with Gasteiger partial charge in [-0.1, -0.05) is 6.07 Å². The third kappa shape index (κ3) is 3.52. The largest absolute Gasteiger partial charge is 0.363 e. The number of nitrogens with zero attached hydrogens (tertiary/aromatic N) is 4. The molecule has 1 amide bonds. The number of morpholine rings is 1. The van der Waals surface area contributed by atoms with Gasteiger partial charge in [-0.05, 0) is 31.9 Å². The third-order valence-corrected chi connectivity index (χ3v) is 5.82. The van der Waals surface area contributed by atoms with Crippen LogP contribution in [0.5, 0.6) is 0 Å². The highest BCUT2D eigenvalue weighted by Gasteiger charge is 2.42. The molecule has 2 saturated heterocycles. The average Bonchev–Trinajstić information content (AvgIpc) is 3.05. The molecule has 2 aromatic rings. The van der Waals surface area contributed by atoms with E-state index < -0.39 is 0 Å². The van der Waals surface area contributed by atoms with Crippen LogP contribution in [0, 0.1) is 6.92 Å². The molecule has 2 aliphatic heterocycles. The van der Waals surface area contributed by atoms with E-state index in [1.165, 1.54) is 0 Å². The molecule has 0 aromatic carbocycles. The van der Waals surface area contributed by atoms with Gasteiger partial charge in [0.25, 0.3) is 0 Å². The van der Waals surface area contributed by atoms with E-state index in [-0.39, 0.29) is 18.1 Å². The van der Waals surface area contributed by atoms with Crippen molar-refractivity contribution in [2.75, 3.05) is 31.1 Å². The first kappa shape index (κ1) is 16.5. The molecule has 2 aromatic heterocycles. The first-order valence-corrected chi connectivity index (χ1v) is 9.50. The normalized spacial score (nSPS) is 20.3. The number of aromatic nitrogens is 2. The molecule has 7 heteroatoms. The molecule has 4 heterocycles. The topological polar surface area (TPSA) is 58.6 Å². The molecule has 25 heavy (non-hydrogen) atoms. The van der Waals surface area contributed by atoms with Crippen LogP contribution in [-0.2, 0) is 16.1 Å². The molecule has 0 saturated carbocycles. The van der Waals surface area contributed by atoms with Crippen LogP contribution in [0.3, 0.4) is 0 Å². The summed E-state index contributed by atoms with van der Waals surface area (Å²) in [4.78, 5) is 25.4. The summed E-state index contributed by atoms with van der Waals surface area (Å²) in [7, 11) is 0. The van der Waals surface area contributed by atoms with Crippen LogP contribution in [0.25, 0.3) is 0 Å². The Balaban J connectivity index is 1.41. The molecule has 0 aliphatic carbocycles. The fourth-order valence-corrected chi connectivity index (χ4v) is 4.20. The van der Waals surface area contributed by atoms with E-state index in [1.54, 1.807) is 11.3 Å². The second-order valence-corrected chi connectivity index (χ2v) is 7.82. The smallest absolute Gasteiger partial charge is 0.249 e. The predicted octanol–water partition coefficient (Wildman–Crippen LogP) is 2.24. The van der Waals surface area contributed by atoms with Gasteiger partial charge in [0.05, 0.1) is 29.4 Å². The number of ether oxygens (including phenoxy) is 1. The molecule has 0 atom stereocenters. The molecule has 1 spiro atoms. The fourth-order valence-electron chi connectivity index (χ4n) is 3.59. The minimum Gasteiger partial charge on any atom is -0.363 e. The minimum atomic E-state index is -0.232. The predicted molar refractivity (Wildman–Crippen MR) is 96.6 cm³/mol. The molecule has 132 valence electrons. The third-order valence-electron chi connectivity index (χ3n) is 5.00. The van der Waals surface area contributed by atoms with Gasteiger partial charge < -0.3 is 14.5 Å². The lowest BCUT2D eigenvalue weighted by Crippen LogP contribution is -2.58. The SMILES string of the molecule is Cc1nc(CN2CC3(CCN(c4ccccn4)CC3)OCC2=O)cs1. The molecule has 2 fully saturated rings. The van der Waals surface area contributed by atoms with E-state index in [9.17, 15) is 4.79 Å². The standard InChI is InChI=1S/C18H22N4O2S/c1-14-20-15(12-25-14)10-22-13-18(24-11-17(22)23)5-8-21(9-6-18)16-4-2-3-7-19-16/h2-4,7,12H,5-6,8-11,13H2,1H3. The highest BCUT2D eigenvalue weighted by atomic mass is 32.1. The van der Waals surface area contributed by atoms with Crippen LogP contribution in [0.4, 0.5) is 5.82 Å². The van der Waals surface area contributed by atoms with Gasteiger partial charge in [-0.25, -0.2) is 9.97 Å². The van der Waals surface area contributed by atoms with Gasteiger partial charge in [-0.3, -0.25) is 4.79 Å². The molecule has 6 nitrogen and oxygen atoms in total. The summed E-state index contributed by atoms with van der Waals surface area (Å²) in [5, 5.41) is 3.07. The Kier molecular flexibility index (Phi) is 4.43. The van der Waals surface area contributed by atoms with Gasteiger partial charge >= 0.3 is 0 Å². The van der Waals surface area contributed by atoms with E-state index in [0.29, 0.717) is 13.1 Å². The van der Waals surface area contributed by atoms with Gasteiger partial charge in [-0.2, -0.15) is 0 Å². The van der Waals surface area contributed by atoms with Crippen molar-refractivity contribution in [2.24, 2.45) is 0 Å². The molecule has 4 rings (SSSR count). The molecule has 0 bridgehead atoms. The highest BCUT2D eigenvalue weighted by molar-refractivity contribution is 7.09. The van der Waals surface area contributed by atoms with Crippen molar-refractivity contribution in [3.05, 3.63) is 40.5 Å². The Morgan fingerprint density at radius 3 is 2.84 bits per heavy atom. The maximum absolute atomic E-state index is 12.3. The molecule has 0 radical (unpaired) electrons. The first-order valence-electron chi connectivity index (χ1n) is 8.62. The van der Waals surface area contributed by atoms with Crippen LogP contribution in [0.15, 0.2) is 29.8 Å². The maximum atomic E-state index is 12.3. The van der Waals surface area contributed by atoms with Crippen molar-refractivity contribution >= 4 is 23.1 Å². The Morgan fingerprint density at radius 2 is 2.16 bits per heavy atom. The van der Waals surface area contributed by atoms with E-state index >= 15 is 0 Å². The lowest BCUT2D eigenvalue weighted by Gasteiger charge is -2.47. The van der Waals surface area contributed by atoms with Gasteiger partial charge in [-0.15, -0.1) is 11.3 Å². The highest BCUT2D eigenvalue weighted by Crippen LogP contribution is 2.32. The number of carbonyl (C=O) groups excluding carboxylic acids is 1. The molecule has 2 aliphatic rings. The summed E-state index contributed by atoms with van der Waals surface area (Å²) in [6.07, 6.45) is 3.64. The zero-order chi connectivity index (χ0) is 17.3. The van der Waals surface area contributed by atoms with Gasteiger partial charge in [0, 0.05) is 24.7 Å². The lowest BCUT2D eigenvalue weighted by molar-refractivity contribution is -0.168. The fraction of sp³-hybridized carbons (Fsp3) is 0.500. The zero-order valence-corrected chi connectivity index (χ0v) is 15.2. The Morgan fingerprint density at radius 1 is 1.32 bits per heavy atom. The summed E-state index contributed by atoms with van der Waals surface area (Å²) in [6, 6.07) is 5.99. The van der Waals surface area contributed by atoms with Crippen LogP contribution in [0.1, 0.15) is 23.5 Å². The Hall–Kier alpha value is -1.99. The number of carbonyl (C=O) groups is 1. The van der Waals surface area contributed by atoms with Gasteiger partial charge in [0.1, 0.15) is 12.4 Å². The quantitative estimate of drug-likeness (QED) is 0.842. The second-order valence-electron chi connectivity index (χ2n) is 6.75. The van der Waals surface area contributed by atoms with Crippen LogP contribution in [0.2, 0.25) is 0 Å². The van der Waals surface area contributed by atoms with E-state index in [1.807, 2.05) is 41.6 Å². The number of pyridine rings is 1. The van der Waals surface area contributed by atoms with Crippen molar-refractivity contribution in [1.82, 2.24) is 14.9 Å². The first-order chi connectivity index (χ1) is 12.1. The average molecular weight is 358 g/mol. The van der Waals surface area contributed by atoms with Crippen LogP contribution < -0.4 is 4.90 Å². The summed E-state index contributed by atoms with van der Waals surface area (Å²) < 4.78 is 6.02. The second kappa shape index (κ2) is 6.72. The van der Waals surface area contributed by atoms with Crippen molar-refractivity contribution in [3.63, 3.8) is 0 Å². The maximum Gasteiger partial charge on any atom is 0.249 e. The number of hydrogen-bond acceptors (Lipinski definition) is 6. The van der Waals surface area contributed by atoms with Crippen molar-refractivity contribution in [1.29, 1.82) is 0 Å². The number of hydrogen-bond donors (Lipinski definition) is 0. The minimum absolute atomic E-state index is 0.0587. The molecule has 0 N–H and O–H groups in total. The summed E-state index contributed by atoms with van der Waals surface area (Å²) in [6.45, 7) is 5.19. The zero-order valence-electron chi connectivity index (χ0n) is 14.4. The van der Waals surface area contributed by atoms with E-state index in [2.05, 4.69) is 14.9 Å². The monoisotopic (exact) mass is 358 g/mol. The lowest BCUT2D eigenvalue weighted by atomic mass is 9.89.